The Morgan fingerprint density at radius 3 is 2.50 bits per heavy atom. The molecule has 134 valence electrons. The first-order valence-corrected chi connectivity index (χ1v) is 10.2. The number of nitrogens with one attached hydrogen (secondary N) is 1. The molecule has 2 aromatic carbocycles. The van der Waals surface area contributed by atoms with E-state index in [2.05, 4.69) is 10.2 Å². The Hall–Kier alpha value is -2.31. The molecule has 0 fully saturated rings. The zero-order valence-corrected chi connectivity index (χ0v) is 15.9. The topological polar surface area (TPSA) is 66.1 Å². The third-order valence-electron chi connectivity index (χ3n) is 4.65. The fraction of sp³-hybridized carbons (Fsp3) is 0.211. The summed E-state index contributed by atoms with van der Waals surface area (Å²) in [5, 5.41) is 7.70. The first-order valence-electron chi connectivity index (χ1n) is 8.34. The van der Waals surface area contributed by atoms with Crippen molar-refractivity contribution in [2.24, 2.45) is 5.92 Å². The van der Waals surface area contributed by atoms with Crippen LogP contribution in [0, 0.1) is 5.92 Å². The lowest BCUT2D eigenvalue weighted by atomic mass is 9.89. The van der Waals surface area contributed by atoms with Gasteiger partial charge in [0.2, 0.25) is 0 Å². The second-order valence-electron chi connectivity index (χ2n) is 6.66. The molecule has 0 amide bonds. The SMILES string of the molecule is CC(C)C1c2cn[nH]c2-c2ccccc2N1S(=O)(=O)c1ccc(Cl)cc1. The Bertz CT molecular complexity index is 1060. The van der Waals surface area contributed by atoms with E-state index in [0.29, 0.717) is 10.7 Å². The van der Waals surface area contributed by atoms with Crippen LogP contribution in [0.25, 0.3) is 11.3 Å². The average Bonchev–Trinajstić information content (AvgIpc) is 3.10. The largest absolute Gasteiger partial charge is 0.277 e. The molecule has 4 rings (SSSR count). The van der Waals surface area contributed by atoms with Crippen LogP contribution in [0.15, 0.2) is 59.6 Å². The highest BCUT2D eigenvalue weighted by atomic mass is 35.5. The lowest BCUT2D eigenvalue weighted by molar-refractivity contribution is 0.497. The van der Waals surface area contributed by atoms with Gasteiger partial charge >= 0.3 is 0 Å². The standard InChI is InChI=1S/C19H18ClN3O2S/c1-12(2)19-16-11-21-22-18(16)15-5-3-4-6-17(15)23(19)26(24,25)14-9-7-13(20)8-10-14/h3-12,19H,1-2H3,(H,21,22). The summed E-state index contributed by atoms with van der Waals surface area (Å²) in [5.74, 6) is 0.0572. The minimum Gasteiger partial charge on any atom is -0.277 e. The van der Waals surface area contributed by atoms with Gasteiger partial charge in [-0.3, -0.25) is 9.40 Å². The summed E-state index contributed by atoms with van der Waals surface area (Å²) >= 11 is 5.94. The molecular weight excluding hydrogens is 370 g/mol. The van der Waals surface area contributed by atoms with Crippen molar-refractivity contribution < 1.29 is 8.42 Å². The zero-order valence-electron chi connectivity index (χ0n) is 14.3. The molecule has 0 saturated heterocycles. The number of hydrogen-bond donors (Lipinski definition) is 1. The van der Waals surface area contributed by atoms with E-state index >= 15 is 0 Å². The van der Waals surface area contributed by atoms with Gasteiger partial charge in [0.15, 0.2) is 0 Å². The number of anilines is 1. The fourth-order valence-corrected chi connectivity index (χ4v) is 5.43. The van der Waals surface area contributed by atoms with E-state index in [1.807, 2.05) is 38.1 Å². The maximum absolute atomic E-state index is 13.6. The number of H-pyrrole nitrogens is 1. The van der Waals surface area contributed by atoms with E-state index in [4.69, 9.17) is 11.6 Å². The fourth-order valence-electron chi connectivity index (χ4n) is 3.52. The highest BCUT2D eigenvalue weighted by molar-refractivity contribution is 7.92. The first-order chi connectivity index (χ1) is 12.4. The molecule has 26 heavy (non-hydrogen) atoms. The number of nitrogens with zero attached hydrogens (tertiary/aromatic N) is 2. The minimum absolute atomic E-state index is 0.0572. The molecule has 3 aromatic rings. The molecule has 0 saturated carbocycles. The third kappa shape index (κ3) is 2.52. The summed E-state index contributed by atoms with van der Waals surface area (Å²) in [6, 6.07) is 13.4. The Morgan fingerprint density at radius 1 is 1.12 bits per heavy atom. The van der Waals surface area contributed by atoms with E-state index in [9.17, 15) is 8.42 Å². The molecule has 0 radical (unpaired) electrons. The normalized spacial score (nSPS) is 16.5. The molecule has 5 nitrogen and oxygen atoms in total. The lowest BCUT2D eigenvalue weighted by Crippen LogP contribution is -2.39. The van der Waals surface area contributed by atoms with Gasteiger partial charge < -0.3 is 0 Å². The van der Waals surface area contributed by atoms with Crippen molar-refractivity contribution in [3.63, 3.8) is 0 Å². The van der Waals surface area contributed by atoms with Crippen LogP contribution in [-0.2, 0) is 10.0 Å². The molecule has 1 N–H and O–H groups in total. The molecular formula is C19H18ClN3O2S. The predicted octanol–water partition coefficient (Wildman–Crippen LogP) is 4.64. The summed E-state index contributed by atoms with van der Waals surface area (Å²) in [6.45, 7) is 4.03. The van der Waals surface area contributed by atoms with E-state index in [1.54, 1.807) is 30.5 Å². The van der Waals surface area contributed by atoms with E-state index in [1.165, 1.54) is 4.31 Å². The summed E-state index contributed by atoms with van der Waals surface area (Å²) < 4.78 is 28.6. The third-order valence-corrected chi connectivity index (χ3v) is 6.71. The van der Waals surface area contributed by atoms with Crippen LogP contribution in [0.2, 0.25) is 5.02 Å². The highest BCUT2D eigenvalue weighted by Gasteiger charge is 2.41. The van der Waals surface area contributed by atoms with Crippen molar-refractivity contribution in [1.82, 2.24) is 10.2 Å². The number of sulfonamides is 1. The summed E-state index contributed by atoms with van der Waals surface area (Å²) in [7, 11) is -3.77. The molecule has 7 heteroatoms. The zero-order chi connectivity index (χ0) is 18.5. The Morgan fingerprint density at radius 2 is 1.81 bits per heavy atom. The summed E-state index contributed by atoms with van der Waals surface area (Å²) in [4.78, 5) is 0.217. The Kier molecular flexibility index (Phi) is 4.04. The number of fused-ring (bicyclic) bond motifs is 3. The highest BCUT2D eigenvalue weighted by Crippen LogP contribution is 2.48. The molecule has 0 bridgehead atoms. The van der Waals surface area contributed by atoms with E-state index in [-0.39, 0.29) is 16.9 Å². The Labute approximate surface area is 157 Å². The van der Waals surface area contributed by atoms with Crippen LogP contribution in [-0.4, -0.2) is 18.6 Å². The van der Waals surface area contributed by atoms with Crippen LogP contribution in [0.3, 0.4) is 0 Å². The monoisotopic (exact) mass is 387 g/mol. The number of halogens is 1. The van der Waals surface area contributed by atoms with E-state index in [0.717, 1.165) is 16.8 Å². The Balaban J connectivity index is 1.98. The van der Waals surface area contributed by atoms with Gasteiger partial charge in [0.1, 0.15) is 0 Å². The second-order valence-corrected chi connectivity index (χ2v) is 8.91. The van der Waals surface area contributed by atoms with Gasteiger partial charge in [-0.25, -0.2) is 8.42 Å². The second kappa shape index (κ2) is 6.14. The number of benzene rings is 2. The number of aromatic nitrogens is 2. The quantitative estimate of drug-likeness (QED) is 0.712. The smallest absolute Gasteiger partial charge is 0.264 e. The van der Waals surface area contributed by atoms with Crippen LogP contribution in [0.5, 0.6) is 0 Å². The molecule has 1 aromatic heterocycles. The predicted molar refractivity (Wildman–Crippen MR) is 103 cm³/mol. The first kappa shape index (κ1) is 17.1. The molecule has 0 aliphatic carbocycles. The number of aromatic amines is 1. The molecule has 0 spiro atoms. The molecule has 1 atom stereocenters. The van der Waals surface area contributed by atoms with Crippen LogP contribution < -0.4 is 4.31 Å². The van der Waals surface area contributed by atoms with Gasteiger partial charge in [0.25, 0.3) is 10.0 Å². The van der Waals surface area contributed by atoms with Gasteiger partial charge in [-0.1, -0.05) is 43.6 Å². The number of hydrogen-bond acceptors (Lipinski definition) is 3. The molecule has 1 aliphatic heterocycles. The van der Waals surface area contributed by atoms with Gasteiger partial charge in [-0.15, -0.1) is 0 Å². The van der Waals surface area contributed by atoms with Gasteiger partial charge in [-0.2, -0.15) is 5.10 Å². The molecule has 2 heterocycles. The van der Waals surface area contributed by atoms with Crippen molar-refractivity contribution >= 4 is 27.3 Å². The maximum Gasteiger partial charge on any atom is 0.264 e. The average molecular weight is 388 g/mol. The summed E-state index contributed by atoms with van der Waals surface area (Å²) in [6.07, 6.45) is 1.72. The van der Waals surface area contributed by atoms with Gasteiger partial charge in [0.05, 0.1) is 28.5 Å². The molecule has 1 unspecified atom stereocenters. The number of rotatable bonds is 3. The van der Waals surface area contributed by atoms with Gasteiger partial charge in [0, 0.05) is 16.1 Å². The van der Waals surface area contributed by atoms with E-state index < -0.39 is 10.0 Å². The van der Waals surface area contributed by atoms with Crippen LogP contribution >= 0.6 is 11.6 Å². The van der Waals surface area contributed by atoms with Crippen molar-refractivity contribution in [2.75, 3.05) is 4.31 Å². The van der Waals surface area contributed by atoms with Gasteiger partial charge in [-0.05, 0) is 36.2 Å². The van der Waals surface area contributed by atoms with Crippen molar-refractivity contribution in [3.8, 4) is 11.3 Å². The minimum atomic E-state index is -3.77. The number of para-hydroxylation sites is 1. The van der Waals surface area contributed by atoms with Crippen molar-refractivity contribution in [1.29, 1.82) is 0 Å². The lowest BCUT2D eigenvalue weighted by Gasteiger charge is -2.39. The van der Waals surface area contributed by atoms with Crippen molar-refractivity contribution in [3.05, 3.63) is 65.3 Å². The van der Waals surface area contributed by atoms with Crippen LogP contribution in [0.4, 0.5) is 5.69 Å². The maximum atomic E-state index is 13.6. The van der Waals surface area contributed by atoms with Crippen molar-refractivity contribution in [2.45, 2.75) is 24.8 Å². The molecule has 1 aliphatic rings. The van der Waals surface area contributed by atoms with Crippen LogP contribution in [0.1, 0.15) is 25.5 Å². The summed E-state index contributed by atoms with van der Waals surface area (Å²) in [5.41, 5.74) is 3.24.